The van der Waals surface area contributed by atoms with Crippen molar-refractivity contribution in [3.05, 3.63) is 27.2 Å². The third-order valence-corrected chi connectivity index (χ3v) is 4.70. The van der Waals surface area contributed by atoms with E-state index in [-0.39, 0.29) is 11.3 Å². The predicted molar refractivity (Wildman–Crippen MR) is 80.3 cm³/mol. The topological polar surface area (TPSA) is 41.1 Å². The van der Waals surface area contributed by atoms with Crippen molar-refractivity contribution in [2.24, 2.45) is 5.41 Å². The number of rotatable bonds is 3. The van der Waals surface area contributed by atoms with Crippen molar-refractivity contribution in [2.75, 3.05) is 18.4 Å². The molecule has 0 bridgehead atoms. The zero-order valence-corrected chi connectivity index (χ0v) is 12.8. The van der Waals surface area contributed by atoms with Gasteiger partial charge in [0.2, 0.25) is 5.91 Å². The van der Waals surface area contributed by atoms with Gasteiger partial charge in [0.25, 0.3) is 0 Å². The van der Waals surface area contributed by atoms with Crippen LogP contribution in [0.15, 0.2) is 12.1 Å². The van der Waals surface area contributed by atoms with Crippen LogP contribution in [-0.4, -0.2) is 19.0 Å². The summed E-state index contributed by atoms with van der Waals surface area (Å²) in [6, 6.07) is 3.11. The Morgan fingerprint density at radius 1 is 1.32 bits per heavy atom. The minimum Gasteiger partial charge on any atom is -0.324 e. The first kappa shape index (κ1) is 14.9. The lowest BCUT2D eigenvalue weighted by Crippen LogP contribution is -2.37. The van der Waals surface area contributed by atoms with Crippen molar-refractivity contribution in [2.45, 2.75) is 19.8 Å². The SMILES string of the molecule is CCC1(C(=O)Nc2cc(Cl)c(Cl)cc2Cl)CCNC1. The molecule has 1 aliphatic rings. The molecule has 0 saturated carbocycles. The van der Waals surface area contributed by atoms with E-state index in [1.807, 2.05) is 6.92 Å². The third kappa shape index (κ3) is 3.00. The standard InChI is InChI=1S/C13H15Cl3N2O/c1-2-13(3-4-17-7-13)12(19)18-11-6-9(15)8(14)5-10(11)16/h5-6,17H,2-4,7H2,1H3,(H,18,19). The van der Waals surface area contributed by atoms with Crippen LogP contribution in [0.3, 0.4) is 0 Å². The van der Waals surface area contributed by atoms with Gasteiger partial charge in [0, 0.05) is 6.54 Å². The molecule has 2 N–H and O–H groups in total. The highest BCUT2D eigenvalue weighted by Crippen LogP contribution is 2.35. The fraction of sp³-hybridized carbons (Fsp3) is 0.462. The average molecular weight is 322 g/mol. The Kier molecular flexibility index (Phi) is 4.62. The van der Waals surface area contributed by atoms with Crippen molar-refractivity contribution >= 4 is 46.4 Å². The van der Waals surface area contributed by atoms with Crippen molar-refractivity contribution in [3.8, 4) is 0 Å². The molecule has 104 valence electrons. The van der Waals surface area contributed by atoms with Crippen LogP contribution in [0.4, 0.5) is 5.69 Å². The fourth-order valence-electron chi connectivity index (χ4n) is 2.27. The second-order valence-corrected chi connectivity index (χ2v) is 5.98. The van der Waals surface area contributed by atoms with Gasteiger partial charge >= 0.3 is 0 Å². The highest BCUT2D eigenvalue weighted by Gasteiger charge is 2.39. The Balaban J connectivity index is 2.21. The Bertz CT molecular complexity index is 499. The molecule has 2 rings (SSSR count). The van der Waals surface area contributed by atoms with Crippen molar-refractivity contribution in [1.82, 2.24) is 5.32 Å². The molecule has 19 heavy (non-hydrogen) atoms. The zero-order valence-electron chi connectivity index (χ0n) is 10.5. The summed E-state index contributed by atoms with van der Waals surface area (Å²) in [5, 5.41) is 7.22. The van der Waals surface area contributed by atoms with E-state index in [2.05, 4.69) is 10.6 Å². The van der Waals surface area contributed by atoms with Gasteiger partial charge in [-0.05, 0) is 31.5 Å². The van der Waals surface area contributed by atoms with E-state index in [0.29, 0.717) is 27.3 Å². The van der Waals surface area contributed by atoms with Crippen LogP contribution in [0.1, 0.15) is 19.8 Å². The van der Waals surface area contributed by atoms with Crippen molar-refractivity contribution < 1.29 is 4.79 Å². The Labute approximate surface area is 127 Å². The lowest BCUT2D eigenvalue weighted by Gasteiger charge is -2.25. The lowest BCUT2D eigenvalue weighted by atomic mass is 9.83. The van der Waals surface area contributed by atoms with Gasteiger partial charge in [0.15, 0.2) is 0 Å². The Morgan fingerprint density at radius 2 is 2.00 bits per heavy atom. The maximum absolute atomic E-state index is 12.4. The highest BCUT2D eigenvalue weighted by atomic mass is 35.5. The van der Waals surface area contributed by atoms with E-state index in [1.165, 1.54) is 6.07 Å². The van der Waals surface area contributed by atoms with Crippen LogP contribution in [0.2, 0.25) is 15.1 Å². The molecule has 1 unspecified atom stereocenters. The van der Waals surface area contributed by atoms with Crippen LogP contribution in [-0.2, 0) is 4.79 Å². The number of halogens is 3. The van der Waals surface area contributed by atoms with Gasteiger partial charge in [-0.15, -0.1) is 0 Å². The monoisotopic (exact) mass is 320 g/mol. The summed E-state index contributed by atoms with van der Waals surface area (Å²) in [5.41, 5.74) is 0.135. The van der Waals surface area contributed by atoms with Crippen molar-refractivity contribution in [1.29, 1.82) is 0 Å². The average Bonchev–Trinajstić information content (AvgIpc) is 2.86. The van der Waals surface area contributed by atoms with Gasteiger partial charge in [0.1, 0.15) is 0 Å². The molecule has 0 aliphatic carbocycles. The number of carbonyl (C=O) groups excluding carboxylic acids is 1. The molecule has 1 aromatic carbocycles. The molecule has 1 heterocycles. The number of hydrogen-bond acceptors (Lipinski definition) is 2. The van der Waals surface area contributed by atoms with Gasteiger partial charge in [0.05, 0.1) is 26.2 Å². The largest absolute Gasteiger partial charge is 0.324 e. The first-order chi connectivity index (χ1) is 8.98. The molecule has 1 fully saturated rings. The quantitative estimate of drug-likeness (QED) is 0.827. The molecule has 1 saturated heterocycles. The van der Waals surface area contributed by atoms with E-state index in [0.717, 1.165) is 19.4 Å². The smallest absolute Gasteiger partial charge is 0.231 e. The summed E-state index contributed by atoms with van der Waals surface area (Å²) < 4.78 is 0. The van der Waals surface area contributed by atoms with E-state index in [9.17, 15) is 4.79 Å². The number of amides is 1. The fourth-order valence-corrected chi connectivity index (χ4v) is 2.87. The van der Waals surface area contributed by atoms with Crippen molar-refractivity contribution in [3.63, 3.8) is 0 Å². The number of hydrogen-bond donors (Lipinski definition) is 2. The molecule has 1 atom stereocenters. The van der Waals surface area contributed by atoms with Gasteiger partial charge in [-0.2, -0.15) is 0 Å². The molecule has 6 heteroatoms. The lowest BCUT2D eigenvalue weighted by molar-refractivity contribution is -0.124. The first-order valence-corrected chi connectivity index (χ1v) is 7.28. The summed E-state index contributed by atoms with van der Waals surface area (Å²) in [4.78, 5) is 12.4. The summed E-state index contributed by atoms with van der Waals surface area (Å²) in [5.74, 6) is -0.0275. The van der Waals surface area contributed by atoms with Gasteiger partial charge < -0.3 is 10.6 Å². The third-order valence-electron chi connectivity index (χ3n) is 3.66. The van der Waals surface area contributed by atoms with E-state index in [1.54, 1.807) is 6.07 Å². The maximum Gasteiger partial charge on any atom is 0.231 e. The highest BCUT2D eigenvalue weighted by molar-refractivity contribution is 6.44. The molecule has 1 aliphatic heterocycles. The van der Waals surface area contributed by atoms with Crippen LogP contribution in [0, 0.1) is 5.41 Å². The molecule has 0 spiro atoms. The summed E-state index contributed by atoms with van der Waals surface area (Å²) >= 11 is 17.9. The number of carbonyl (C=O) groups is 1. The molecule has 1 amide bonds. The Morgan fingerprint density at radius 3 is 2.58 bits per heavy atom. The zero-order chi connectivity index (χ0) is 14.0. The van der Waals surface area contributed by atoms with Gasteiger partial charge in [-0.25, -0.2) is 0 Å². The molecule has 1 aromatic rings. The van der Waals surface area contributed by atoms with E-state index in [4.69, 9.17) is 34.8 Å². The molecular formula is C13H15Cl3N2O. The molecule has 0 radical (unpaired) electrons. The Hall–Kier alpha value is -0.480. The molecule has 3 nitrogen and oxygen atoms in total. The number of benzene rings is 1. The second kappa shape index (κ2) is 5.88. The molecular weight excluding hydrogens is 307 g/mol. The minimum atomic E-state index is -0.366. The van der Waals surface area contributed by atoms with E-state index >= 15 is 0 Å². The van der Waals surface area contributed by atoms with E-state index < -0.39 is 0 Å². The summed E-state index contributed by atoms with van der Waals surface area (Å²) in [6.07, 6.45) is 1.61. The van der Waals surface area contributed by atoms with Crippen LogP contribution in [0.5, 0.6) is 0 Å². The number of nitrogens with one attached hydrogen (secondary N) is 2. The summed E-state index contributed by atoms with van der Waals surface area (Å²) in [6.45, 7) is 3.56. The normalized spacial score (nSPS) is 22.5. The second-order valence-electron chi connectivity index (χ2n) is 4.76. The minimum absolute atomic E-state index is 0.0275. The van der Waals surface area contributed by atoms with Gasteiger partial charge in [-0.1, -0.05) is 41.7 Å². The number of anilines is 1. The maximum atomic E-state index is 12.4. The summed E-state index contributed by atoms with van der Waals surface area (Å²) in [7, 11) is 0. The first-order valence-electron chi connectivity index (χ1n) is 6.15. The molecule has 0 aromatic heterocycles. The van der Waals surface area contributed by atoms with Crippen LogP contribution >= 0.6 is 34.8 Å². The van der Waals surface area contributed by atoms with Crippen LogP contribution in [0.25, 0.3) is 0 Å². The van der Waals surface area contributed by atoms with Gasteiger partial charge in [-0.3, -0.25) is 4.79 Å². The predicted octanol–water partition coefficient (Wildman–Crippen LogP) is 3.98. The van der Waals surface area contributed by atoms with Crippen LogP contribution < -0.4 is 10.6 Å².